The van der Waals surface area contributed by atoms with Gasteiger partial charge in [0.1, 0.15) is 17.3 Å². The average molecular weight is 513 g/mol. The molecule has 9 heteroatoms. The van der Waals surface area contributed by atoms with Crippen LogP contribution in [-0.2, 0) is 17.8 Å². The van der Waals surface area contributed by atoms with Crippen LogP contribution in [0.5, 0.6) is 11.6 Å². The van der Waals surface area contributed by atoms with Crippen LogP contribution in [0.1, 0.15) is 27.9 Å². The second kappa shape index (κ2) is 10.2. The SMILES string of the molecule is COc1ccc(-n2nc(Cc3ccc(F)cc3)c(/C=C3\NC(=O)N(Cc4cccc(C)c4)C3=O)c2O)cc1. The van der Waals surface area contributed by atoms with Crippen LogP contribution >= 0.6 is 0 Å². The predicted octanol–water partition coefficient (Wildman–Crippen LogP) is 4.72. The molecule has 0 aliphatic carbocycles. The van der Waals surface area contributed by atoms with Crippen LogP contribution in [0.2, 0.25) is 0 Å². The highest BCUT2D eigenvalue weighted by atomic mass is 19.1. The van der Waals surface area contributed by atoms with Crippen molar-refractivity contribution in [2.75, 3.05) is 7.11 Å². The van der Waals surface area contributed by atoms with Crippen LogP contribution in [0.3, 0.4) is 0 Å². The summed E-state index contributed by atoms with van der Waals surface area (Å²) in [4.78, 5) is 27.0. The Hall–Kier alpha value is -4.92. The van der Waals surface area contributed by atoms with E-state index in [-0.39, 0.29) is 35.9 Å². The van der Waals surface area contributed by atoms with Crippen molar-refractivity contribution in [2.24, 2.45) is 0 Å². The Labute approximate surface area is 218 Å². The maximum absolute atomic E-state index is 13.5. The Morgan fingerprint density at radius 3 is 2.45 bits per heavy atom. The second-order valence-electron chi connectivity index (χ2n) is 8.97. The Morgan fingerprint density at radius 1 is 1.03 bits per heavy atom. The zero-order chi connectivity index (χ0) is 26.8. The number of urea groups is 1. The van der Waals surface area contributed by atoms with Crippen LogP contribution in [0.4, 0.5) is 9.18 Å². The molecule has 2 heterocycles. The second-order valence-corrected chi connectivity index (χ2v) is 8.97. The molecule has 3 amide bonds. The van der Waals surface area contributed by atoms with Crippen LogP contribution in [0.15, 0.2) is 78.5 Å². The summed E-state index contributed by atoms with van der Waals surface area (Å²) in [6.07, 6.45) is 1.68. The van der Waals surface area contributed by atoms with Crippen LogP contribution in [-0.4, -0.2) is 38.8 Å². The summed E-state index contributed by atoms with van der Waals surface area (Å²) in [6.45, 7) is 2.05. The first kappa shape index (κ1) is 24.8. The van der Waals surface area contributed by atoms with Gasteiger partial charge in [0.05, 0.1) is 30.6 Å². The number of methoxy groups -OCH3 is 1. The summed E-state index contributed by atoms with van der Waals surface area (Å²) in [5.74, 6) is -0.447. The van der Waals surface area contributed by atoms with Gasteiger partial charge in [0.15, 0.2) is 0 Å². The topological polar surface area (TPSA) is 96.7 Å². The van der Waals surface area contributed by atoms with E-state index in [0.29, 0.717) is 17.1 Å². The molecular weight excluding hydrogens is 487 g/mol. The van der Waals surface area contributed by atoms with Gasteiger partial charge >= 0.3 is 6.03 Å². The van der Waals surface area contributed by atoms with Gasteiger partial charge in [-0.1, -0.05) is 42.0 Å². The van der Waals surface area contributed by atoms with E-state index in [0.717, 1.165) is 21.6 Å². The molecular formula is C29H25FN4O4. The number of hydrogen-bond donors (Lipinski definition) is 2. The molecule has 0 unspecified atom stereocenters. The number of rotatable bonds is 7. The number of carbonyl (C=O) groups excluding carboxylic acids is 2. The largest absolute Gasteiger partial charge is 0.497 e. The third-order valence-corrected chi connectivity index (χ3v) is 6.25. The first-order chi connectivity index (χ1) is 18.3. The molecule has 4 aromatic rings. The monoisotopic (exact) mass is 512 g/mol. The number of aryl methyl sites for hydroxylation is 1. The van der Waals surface area contributed by atoms with E-state index < -0.39 is 11.9 Å². The number of hydrogen-bond acceptors (Lipinski definition) is 5. The van der Waals surface area contributed by atoms with E-state index in [4.69, 9.17) is 4.74 Å². The molecule has 38 heavy (non-hydrogen) atoms. The van der Waals surface area contributed by atoms with Gasteiger partial charge in [-0.3, -0.25) is 9.69 Å². The number of nitrogens with zero attached hydrogens (tertiary/aromatic N) is 3. The van der Waals surface area contributed by atoms with E-state index >= 15 is 0 Å². The fourth-order valence-corrected chi connectivity index (χ4v) is 4.30. The van der Waals surface area contributed by atoms with Gasteiger partial charge in [0.2, 0.25) is 5.88 Å². The zero-order valence-corrected chi connectivity index (χ0v) is 20.8. The smallest absolute Gasteiger partial charge is 0.329 e. The van der Waals surface area contributed by atoms with E-state index in [1.807, 2.05) is 31.2 Å². The lowest BCUT2D eigenvalue weighted by Crippen LogP contribution is -2.30. The Balaban J connectivity index is 1.52. The minimum absolute atomic E-state index is 0.0209. The summed E-state index contributed by atoms with van der Waals surface area (Å²) in [5.41, 5.74) is 3.90. The zero-order valence-electron chi connectivity index (χ0n) is 20.8. The number of ether oxygens (including phenoxy) is 1. The maximum Gasteiger partial charge on any atom is 0.329 e. The number of benzene rings is 3. The highest BCUT2D eigenvalue weighted by Gasteiger charge is 2.34. The fourth-order valence-electron chi connectivity index (χ4n) is 4.30. The fraction of sp³-hybridized carbons (Fsp3) is 0.138. The minimum atomic E-state index is -0.551. The molecule has 0 atom stereocenters. The van der Waals surface area contributed by atoms with Gasteiger partial charge in [-0.2, -0.15) is 5.10 Å². The molecule has 1 saturated heterocycles. The molecule has 0 bridgehead atoms. The molecule has 1 aromatic heterocycles. The van der Waals surface area contributed by atoms with Gasteiger partial charge in [0, 0.05) is 6.42 Å². The Kier molecular flexibility index (Phi) is 6.66. The van der Waals surface area contributed by atoms with Gasteiger partial charge in [-0.15, -0.1) is 0 Å². The van der Waals surface area contributed by atoms with Crippen molar-refractivity contribution < 1.29 is 23.8 Å². The molecule has 0 radical (unpaired) electrons. The van der Waals surface area contributed by atoms with E-state index in [9.17, 15) is 19.1 Å². The van der Waals surface area contributed by atoms with Crippen molar-refractivity contribution in [3.8, 4) is 17.3 Å². The average Bonchev–Trinajstić information content (AvgIpc) is 3.36. The van der Waals surface area contributed by atoms with Crippen molar-refractivity contribution >= 4 is 18.0 Å². The molecule has 192 valence electrons. The quantitative estimate of drug-likeness (QED) is 0.276. The van der Waals surface area contributed by atoms with E-state index in [1.165, 1.54) is 22.9 Å². The van der Waals surface area contributed by atoms with Crippen LogP contribution < -0.4 is 10.1 Å². The number of amides is 3. The van der Waals surface area contributed by atoms with E-state index in [2.05, 4.69) is 10.4 Å². The van der Waals surface area contributed by atoms with Crippen molar-refractivity contribution in [1.29, 1.82) is 0 Å². The van der Waals surface area contributed by atoms with Crippen molar-refractivity contribution in [3.05, 3.63) is 112 Å². The maximum atomic E-state index is 13.5. The van der Waals surface area contributed by atoms with Crippen molar-refractivity contribution in [1.82, 2.24) is 20.0 Å². The lowest BCUT2D eigenvalue weighted by atomic mass is 10.1. The molecule has 1 aliphatic rings. The van der Waals surface area contributed by atoms with Crippen molar-refractivity contribution in [2.45, 2.75) is 19.9 Å². The molecule has 2 N–H and O–H groups in total. The first-order valence-corrected chi connectivity index (χ1v) is 11.9. The number of aromatic hydroxyl groups is 1. The standard InChI is InChI=1S/C29H25FN4O4/c1-18-4-3-5-20(14-18)17-33-28(36)26(31-29(33)37)16-24-25(15-19-6-8-21(30)9-7-19)32-34(27(24)35)22-10-12-23(38-2)13-11-22/h3-14,16,35H,15,17H2,1-2H3,(H,31,37)/b26-16-. The summed E-state index contributed by atoms with van der Waals surface area (Å²) in [7, 11) is 1.56. The normalized spacial score (nSPS) is 14.3. The van der Waals surface area contributed by atoms with Gasteiger partial charge < -0.3 is 15.2 Å². The number of carbonyl (C=O) groups is 2. The van der Waals surface area contributed by atoms with Gasteiger partial charge in [-0.05, 0) is 60.5 Å². The molecule has 8 nitrogen and oxygen atoms in total. The van der Waals surface area contributed by atoms with Gasteiger partial charge in [-0.25, -0.2) is 13.9 Å². The number of imide groups is 1. The molecule has 3 aromatic carbocycles. The highest BCUT2D eigenvalue weighted by Crippen LogP contribution is 2.30. The van der Waals surface area contributed by atoms with Crippen LogP contribution in [0, 0.1) is 12.7 Å². The first-order valence-electron chi connectivity index (χ1n) is 11.9. The third kappa shape index (κ3) is 4.99. The number of nitrogens with one attached hydrogen (secondary N) is 1. The molecule has 5 rings (SSSR count). The summed E-state index contributed by atoms with van der Waals surface area (Å²) < 4.78 is 20.0. The molecule has 0 spiro atoms. The van der Waals surface area contributed by atoms with Crippen molar-refractivity contribution in [3.63, 3.8) is 0 Å². The van der Waals surface area contributed by atoms with Gasteiger partial charge in [0.25, 0.3) is 5.91 Å². The third-order valence-electron chi connectivity index (χ3n) is 6.25. The van der Waals surface area contributed by atoms with E-state index in [1.54, 1.807) is 43.5 Å². The Bertz CT molecular complexity index is 1540. The summed E-state index contributed by atoms with van der Waals surface area (Å²) in [6, 6.07) is 19.9. The lowest BCUT2D eigenvalue weighted by molar-refractivity contribution is -0.123. The number of halogens is 1. The summed E-state index contributed by atoms with van der Waals surface area (Å²) in [5, 5.41) is 18.4. The minimum Gasteiger partial charge on any atom is -0.497 e. The summed E-state index contributed by atoms with van der Waals surface area (Å²) >= 11 is 0. The van der Waals surface area contributed by atoms with Crippen LogP contribution in [0.25, 0.3) is 11.8 Å². The lowest BCUT2D eigenvalue weighted by Gasteiger charge is -2.12. The molecule has 0 saturated carbocycles. The predicted molar refractivity (Wildman–Crippen MR) is 139 cm³/mol. The number of aromatic nitrogens is 2. The molecule has 1 fully saturated rings. The molecule has 1 aliphatic heterocycles. The Morgan fingerprint density at radius 2 is 1.76 bits per heavy atom. The highest BCUT2D eigenvalue weighted by molar-refractivity contribution is 6.14.